The van der Waals surface area contributed by atoms with Crippen molar-refractivity contribution in [1.29, 1.82) is 0 Å². The lowest BCUT2D eigenvalue weighted by Gasteiger charge is -2.47. The van der Waals surface area contributed by atoms with Gasteiger partial charge in [-0.2, -0.15) is 0 Å². The summed E-state index contributed by atoms with van der Waals surface area (Å²) in [5.74, 6) is 0. The van der Waals surface area contributed by atoms with Crippen molar-refractivity contribution in [2.45, 2.75) is 37.5 Å². The van der Waals surface area contributed by atoms with Crippen LogP contribution >= 0.6 is 0 Å². The Balaban J connectivity index is 2.34. The van der Waals surface area contributed by atoms with E-state index in [9.17, 15) is 0 Å². The Morgan fingerprint density at radius 2 is 1.29 bits per heavy atom. The Bertz CT molecular complexity index is 377. The zero-order valence-electron chi connectivity index (χ0n) is 8.88. The molecule has 2 bridgehead atoms. The highest BCUT2D eigenvalue weighted by atomic mass is 14.5. The van der Waals surface area contributed by atoms with Crippen molar-refractivity contribution in [3.63, 3.8) is 0 Å². The first kappa shape index (κ1) is 8.28. The van der Waals surface area contributed by atoms with Crippen LogP contribution in [0.4, 0.5) is 0 Å². The second-order valence-electron chi connectivity index (χ2n) is 5.21. The highest BCUT2D eigenvalue weighted by Gasteiger charge is 2.43. The van der Waals surface area contributed by atoms with Gasteiger partial charge in [0.2, 0.25) is 0 Å². The van der Waals surface area contributed by atoms with Crippen LogP contribution in [0.3, 0.4) is 0 Å². The molecule has 14 heavy (non-hydrogen) atoms. The molecule has 2 unspecified atom stereocenters. The maximum Gasteiger partial charge on any atom is 0.0107 e. The van der Waals surface area contributed by atoms with Crippen LogP contribution in [0, 0.1) is 0 Å². The van der Waals surface area contributed by atoms with Crippen LogP contribution in [0.25, 0.3) is 0 Å². The van der Waals surface area contributed by atoms with Crippen LogP contribution < -0.4 is 0 Å². The summed E-state index contributed by atoms with van der Waals surface area (Å²) in [6.45, 7) is 4.72. The lowest BCUT2D eigenvalue weighted by atomic mass is 9.57. The van der Waals surface area contributed by atoms with Crippen molar-refractivity contribution in [1.82, 2.24) is 0 Å². The molecule has 3 aliphatic carbocycles. The highest BCUT2D eigenvalue weighted by Crippen LogP contribution is 2.51. The SMILES string of the molecule is CC12C=CC(C)(CC1)c1ccccc12. The maximum atomic E-state index is 2.42. The summed E-state index contributed by atoms with van der Waals surface area (Å²) in [7, 11) is 0. The molecule has 0 heterocycles. The molecule has 72 valence electrons. The van der Waals surface area contributed by atoms with Crippen molar-refractivity contribution in [2.24, 2.45) is 0 Å². The van der Waals surface area contributed by atoms with Crippen LogP contribution in [0.15, 0.2) is 36.4 Å². The minimum atomic E-state index is 0.314. The Hall–Kier alpha value is -1.04. The summed E-state index contributed by atoms with van der Waals surface area (Å²) in [5.41, 5.74) is 3.73. The van der Waals surface area contributed by atoms with Crippen LogP contribution in [0.5, 0.6) is 0 Å². The molecule has 0 N–H and O–H groups in total. The van der Waals surface area contributed by atoms with Gasteiger partial charge in [-0.15, -0.1) is 0 Å². The van der Waals surface area contributed by atoms with E-state index in [1.54, 1.807) is 11.1 Å². The predicted octanol–water partition coefficient (Wildman–Crippen LogP) is 3.57. The number of hydrogen-bond donors (Lipinski definition) is 0. The Labute approximate surface area is 85.6 Å². The zero-order chi connectivity index (χ0) is 9.81. The number of rotatable bonds is 0. The maximum absolute atomic E-state index is 2.42. The van der Waals surface area contributed by atoms with Gasteiger partial charge >= 0.3 is 0 Å². The molecule has 1 aromatic rings. The van der Waals surface area contributed by atoms with Crippen molar-refractivity contribution < 1.29 is 0 Å². The largest absolute Gasteiger partial charge is 0.0773 e. The number of hydrogen-bond acceptors (Lipinski definition) is 0. The molecule has 0 saturated heterocycles. The quantitative estimate of drug-likeness (QED) is 0.541. The molecule has 0 spiro atoms. The van der Waals surface area contributed by atoms with E-state index in [4.69, 9.17) is 0 Å². The van der Waals surface area contributed by atoms with Gasteiger partial charge in [-0.3, -0.25) is 0 Å². The van der Waals surface area contributed by atoms with E-state index in [-0.39, 0.29) is 0 Å². The number of allylic oxidation sites excluding steroid dienone is 2. The topological polar surface area (TPSA) is 0 Å². The van der Waals surface area contributed by atoms with Gasteiger partial charge in [0.1, 0.15) is 0 Å². The van der Waals surface area contributed by atoms with E-state index in [1.807, 2.05) is 0 Å². The van der Waals surface area contributed by atoms with Gasteiger partial charge in [0.05, 0.1) is 0 Å². The summed E-state index contributed by atoms with van der Waals surface area (Å²) in [5, 5.41) is 0. The lowest BCUT2D eigenvalue weighted by Crippen LogP contribution is -2.39. The summed E-state index contributed by atoms with van der Waals surface area (Å²) in [6, 6.07) is 8.94. The third-order valence-corrected chi connectivity index (χ3v) is 4.14. The van der Waals surface area contributed by atoms with Gasteiger partial charge in [-0.25, -0.2) is 0 Å². The first-order valence-corrected chi connectivity index (χ1v) is 5.45. The van der Waals surface area contributed by atoms with E-state index in [1.165, 1.54) is 12.8 Å². The molecule has 3 aliphatic rings. The molecule has 0 fully saturated rings. The summed E-state index contributed by atoms with van der Waals surface area (Å²) >= 11 is 0. The first-order chi connectivity index (χ1) is 6.64. The van der Waals surface area contributed by atoms with Crippen LogP contribution in [0.1, 0.15) is 37.8 Å². The standard InChI is InChI=1S/C14H16/c1-13-7-9-14(2,10-8-13)12-6-4-3-5-11(12)13/h3-7,9H,8,10H2,1-2H3. The molecular formula is C14H16. The van der Waals surface area contributed by atoms with Gasteiger partial charge in [0.25, 0.3) is 0 Å². The smallest absolute Gasteiger partial charge is 0.0107 e. The number of fused-ring (bicyclic) bond motifs is 1. The lowest BCUT2D eigenvalue weighted by molar-refractivity contribution is 0.355. The second-order valence-corrected chi connectivity index (χ2v) is 5.21. The predicted molar refractivity (Wildman–Crippen MR) is 59.5 cm³/mol. The summed E-state index contributed by atoms with van der Waals surface area (Å²) in [6.07, 6.45) is 7.44. The summed E-state index contributed by atoms with van der Waals surface area (Å²) < 4.78 is 0. The molecular weight excluding hydrogens is 168 g/mol. The minimum Gasteiger partial charge on any atom is -0.0773 e. The highest BCUT2D eigenvalue weighted by molar-refractivity contribution is 5.51. The molecule has 4 rings (SSSR count). The molecule has 0 nitrogen and oxygen atoms in total. The van der Waals surface area contributed by atoms with Crippen molar-refractivity contribution >= 4 is 0 Å². The Morgan fingerprint density at radius 1 is 0.857 bits per heavy atom. The van der Waals surface area contributed by atoms with Crippen molar-refractivity contribution in [2.75, 3.05) is 0 Å². The van der Waals surface area contributed by atoms with E-state index in [0.29, 0.717) is 10.8 Å². The monoisotopic (exact) mass is 184 g/mol. The number of benzene rings is 1. The van der Waals surface area contributed by atoms with Gasteiger partial charge in [-0.05, 0) is 24.0 Å². The molecule has 0 amide bonds. The molecule has 0 heteroatoms. The zero-order valence-corrected chi connectivity index (χ0v) is 8.88. The molecule has 0 radical (unpaired) electrons. The van der Waals surface area contributed by atoms with E-state index in [2.05, 4.69) is 50.3 Å². The second kappa shape index (κ2) is 2.31. The molecule has 1 aromatic carbocycles. The van der Waals surface area contributed by atoms with E-state index in [0.717, 1.165) is 0 Å². The fraction of sp³-hybridized carbons (Fsp3) is 0.429. The van der Waals surface area contributed by atoms with Crippen LogP contribution in [-0.2, 0) is 10.8 Å². The van der Waals surface area contributed by atoms with Gasteiger partial charge < -0.3 is 0 Å². The van der Waals surface area contributed by atoms with Gasteiger partial charge in [0, 0.05) is 10.8 Å². The molecule has 0 aliphatic heterocycles. The first-order valence-electron chi connectivity index (χ1n) is 5.45. The molecule has 2 atom stereocenters. The average Bonchev–Trinajstić information content (AvgIpc) is 2.22. The summed E-state index contributed by atoms with van der Waals surface area (Å²) in [4.78, 5) is 0. The van der Waals surface area contributed by atoms with Crippen LogP contribution in [0.2, 0.25) is 0 Å². The Morgan fingerprint density at radius 3 is 1.64 bits per heavy atom. The fourth-order valence-corrected chi connectivity index (χ4v) is 2.98. The Kier molecular flexibility index (Phi) is 1.36. The van der Waals surface area contributed by atoms with Crippen LogP contribution in [-0.4, -0.2) is 0 Å². The minimum absolute atomic E-state index is 0.314. The van der Waals surface area contributed by atoms with Gasteiger partial charge in [0.15, 0.2) is 0 Å². The van der Waals surface area contributed by atoms with E-state index < -0.39 is 0 Å². The van der Waals surface area contributed by atoms with Crippen molar-refractivity contribution in [3.8, 4) is 0 Å². The van der Waals surface area contributed by atoms with E-state index >= 15 is 0 Å². The molecule has 0 saturated carbocycles. The molecule has 0 aromatic heterocycles. The third kappa shape index (κ3) is 0.841. The third-order valence-electron chi connectivity index (χ3n) is 4.14. The fourth-order valence-electron chi connectivity index (χ4n) is 2.98. The van der Waals surface area contributed by atoms with Crippen molar-refractivity contribution in [3.05, 3.63) is 47.5 Å². The normalized spacial score (nSPS) is 38.4. The van der Waals surface area contributed by atoms with Gasteiger partial charge in [-0.1, -0.05) is 50.3 Å². The average molecular weight is 184 g/mol.